The van der Waals surface area contributed by atoms with E-state index in [2.05, 4.69) is 4.98 Å². The molecule has 1 saturated heterocycles. The van der Waals surface area contributed by atoms with Crippen LogP contribution in [0, 0.1) is 5.92 Å². The lowest BCUT2D eigenvalue weighted by Gasteiger charge is -2.38. The SMILES string of the molecule is O=C1C2=CC=CC(c3ccc(O)cc3)(c3ccc(O)cc3)C2C(=O)N1c1nc2ccccc2s1. The summed E-state index contributed by atoms with van der Waals surface area (Å²) in [6, 6.07) is 20.8. The molecule has 0 spiro atoms. The molecule has 7 heteroatoms. The lowest BCUT2D eigenvalue weighted by atomic mass is 9.62. The van der Waals surface area contributed by atoms with Crippen LogP contribution in [0.3, 0.4) is 0 Å². The first kappa shape index (κ1) is 20.4. The summed E-state index contributed by atoms with van der Waals surface area (Å²) in [7, 11) is 0. The number of phenols is 2. The van der Waals surface area contributed by atoms with Gasteiger partial charge in [0, 0.05) is 5.57 Å². The highest BCUT2D eigenvalue weighted by molar-refractivity contribution is 7.22. The van der Waals surface area contributed by atoms with Gasteiger partial charge < -0.3 is 10.2 Å². The Balaban J connectivity index is 1.55. The van der Waals surface area contributed by atoms with E-state index in [9.17, 15) is 19.8 Å². The molecule has 166 valence electrons. The number of benzene rings is 3. The zero-order chi connectivity index (χ0) is 23.4. The van der Waals surface area contributed by atoms with Crippen molar-refractivity contribution in [3.8, 4) is 11.5 Å². The molecule has 2 aliphatic rings. The van der Waals surface area contributed by atoms with Gasteiger partial charge in [-0.25, -0.2) is 9.88 Å². The molecule has 4 aromatic rings. The van der Waals surface area contributed by atoms with Gasteiger partial charge in [0.2, 0.25) is 5.91 Å². The third kappa shape index (κ3) is 2.84. The maximum Gasteiger partial charge on any atom is 0.263 e. The number of phenolic OH excluding ortho intramolecular Hbond substituents is 2. The van der Waals surface area contributed by atoms with Gasteiger partial charge in [-0.3, -0.25) is 9.59 Å². The van der Waals surface area contributed by atoms with Crippen LogP contribution < -0.4 is 4.90 Å². The first-order valence-corrected chi connectivity index (χ1v) is 11.5. The van der Waals surface area contributed by atoms with Crippen LogP contribution in [0.25, 0.3) is 10.2 Å². The fourth-order valence-electron chi connectivity index (χ4n) is 4.93. The van der Waals surface area contributed by atoms with Crippen LogP contribution in [0.4, 0.5) is 5.13 Å². The van der Waals surface area contributed by atoms with Crippen molar-refractivity contribution in [2.75, 3.05) is 4.90 Å². The van der Waals surface area contributed by atoms with Gasteiger partial charge >= 0.3 is 0 Å². The van der Waals surface area contributed by atoms with Gasteiger partial charge in [-0.15, -0.1) is 0 Å². The molecule has 0 radical (unpaired) electrons. The maximum atomic E-state index is 14.0. The van der Waals surface area contributed by atoms with Crippen molar-refractivity contribution in [2.24, 2.45) is 5.92 Å². The fraction of sp³-hybridized carbons (Fsp3) is 0.0741. The largest absolute Gasteiger partial charge is 0.508 e. The van der Waals surface area contributed by atoms with Gasteiger partial charge in [-0.1, -0.05) is 66.0 Å². The van der Waals surface area contributed by atoms with Crippen molar-refractivity contribution >= 4 is 38.5 Å². The van der Waals surface area contributed by atoms with Crippen molar-refractivity contribution in [3.63, 3.8) is 0 Å². The van der Waals surface area contributed by atoms with Crippen LogP contribution in [0.15, 0.2) is 96.6 Å². The molecule has 1 fully saturated rings. The number of hydrogen-bond donors (Lipinski definition) is 2. The predicted molar refractivity (Wildman–Crippen MR) is 130 cm³/mol. The fourth-order valence-corrected chi connectivity index (χ4v) is 5.90. The number of carbonyl (C=O) groups excluding carboxylic acids is 2. The Bertz CT molecular complexity index is 1440. The van der Waals surface area contributed by atoms with Gasteiger partial charge in [0.25, 0.3) is 5.91 Å². The Hall–Kier alpha value is -4.23. The van der Waals surface area contributed by atoms with E-state index in [0.29, 0.717) is 10.7 Å². The number of carbonyl (C=O) groups is 2. The minimum atomic E-state index is -1.01. The van der Waals surface area contributed by atoms with Crippen molar-refractivity contribution in [2.45, 2.75) is 5.41 Å². The summed E-state index contributed by atoms with van der Waals surface area (Å²) in [5.41, 5.74) is 1.59. The predicted octanol–water partition coefficient (Wildman–Crippen LogP) is 4.68. The van der Waals surface area contributed by atoms with Gasteiger partial charge in [-0.2, -0.15) is 0 Å². The Morgan fingerprint density at radius 1 is 0.853 bits per heavy atom. The average Bonchev–Trinajstić information content (AvgIpc) is 3.38. The quantitative estimate of drug-likeness (QED) is 0.428. The van der Waals surface area contributed by atoms with E-state index in [-0.39, 0.29) is 23.3 Å². The molecule has 2 heterocycles. The number of aromatic nitrogens is 1. The molecule has 3 aromatic carbocycles. The summed E-state index contributed by atoms with van der Waals surface area (Å²) in [6.45, 7) is 0. The summed E-state index contributed by atoms with van der Waals surface area (Å²) in [5.74, 6) is -1.37. The third-order valence-electron chi connectivity index (χ3n) is 6.48. The standard InChI is InChI=1S/C27H18N2O4S/c30-18-11-7-16(8-12-18)27(17-9-13-19(31)14-10-17)15-3-4-20-23(27)25(33)29(24(20)32)26-28-21-5-1-2-6-22(21)34-26/h1-15,23,30-31H. The smallest absolute Gasteiger partial charge is 0.263 e. The van der Waals surface area contributed by atoms with Gasteiger partial charge in [0.05, 0.1) is 21.5 Å². The van der Waals surface area contributed by atoms with E-state index in [4.69, 9.17) is 0 Å². The number of thiazole rings is 1. The number of amides is 2. The number of anilines is 1. The minimum absolute atomic E-state index is 0.102. The Morgan fingerprint density at radius 2 is 1.47 bits per heavy atom. The van der Waals surface area contributed by atoms with Crippen LogP contribution in [-0.2, 0) is 15.0 Å². The van der Waals surface area contributed by atoms with Crippen molar-refractivity contribution < 1.29 is 19.8 Å². The van der Waals surface area contributed by atoms with Gasteiger partial charge in [-0.05, 0) is 47.5 Å². The molecule has 34 heavy (non-hydrogen) atoms. The Kier molecular flexibility index (Phi) is 4.43. The Morgan fingerprint density at radius 3 is 2.09 bits per heavy atom. The molecular formula is C27H18N2O4S. The van der Waals surface area contributed by atoms with E-state index in [1.54, 1.807) is 60.7 Å². The van der Waals surface area contributed by atoms with E-state index < -0.39 is 11.3 Å². The second kappa shape index (κ2) is 7.40. The molecule has 0 saturated carbocycles. The number of imide groups is 1. The third-order valence-corrected chi connectivity index (χ3v) is 7.50. The summed E-state index contributed by atoms with van der Waals surface area (Å²) in [4.78, 5) is 33.3. The van der Waals surface area contributed by atoms with Crippen molar-refractivity contribution in [1.29, 1.82) is 0 Å². The number of para-hydroxylation sites is 1. The first-order chi connectivity index (χ1) is 16.5. The lowest BCUT2D eigenvalue weighted by Crippen LogP contribution is -2.41. The van der Waals surface area contributed by atoms with Crippen molar-refractivity contribution in [1.82, 2.24) is 4.98 Å². The maximum absolute atomic E-state index is 14.0. The van der Waals surface area contributed by atoms with Crippen LogP contribution in [0.1, 0.15) is 11.1 Å². The number of fused-ring (bicyclic) bond motifs is 2. The molecule has 1 aliphatic carbocycles. The monoisotopic (exact) mass is 466 g/mol. The lowest BCUT2D eigenvalue weighted by molar-refractivity contribution is -0.122. The highest BCUT2D eigenvalue weighted by Crippen LogP contribution is 2.51. The zero-order valence-corrected chi connectivity index (χ0v) is 18.6. The van der Waals surface area contributed by atoms with E-state index in [1.807, 2.05) is 30.3 Å². The molecule has 0 bridgehead atoms. The van der Waals surface area contributed by atoms with Crippen LogP contribution in [-0.4, -0.2) is 27.0 Å². The summed E-state index contributed by atoms with van der Waals surface area (Å²) >= 11 is 1.30. The second-order valence-electron chi connectivity index (χ2n) is 8.32. The number of nitrogens with zero attached hydrogens (tertiary/aromatic N) is 2. The number of aromatic hydroxyl groups is 2. The molecule has 6 rings (SSSR count). The molecule has 2 N–H and O–H groups in total. The molecule has 6 nitrogen and oxygen atoms in total. The van der Waals surface area contributed by atoms with Crippen LogP contribution in [0.5, 0.6) is 11.5 Å². The van der Waals surface area contributed by atoms with Gasteiger partial charge in [0.1, 0.15) is 11.5 Å². The molecule has 1 unspecified atom stereocenters. The Labute approximate surface area is 198 Å². The number of hydrogen-bond acceptors (Lipinski definition) is 6. The number of rotatable bonds is 3. The number of allylic oxidation sites excluding steroid dienone is 3. The first-order valence-electron chi connectivity index (χ1n) is 10.7. The molecule has 1 atom stereocenters. The molecule has 1 aromatic heterocycles. The molecular weight excluding hydrogens is 448 g/mol. The van der Waals surface area contributed by atoms with E-state index in [1.165, 1.54) is 16.2 Å². The summed E-state index contributed by atoms with van der Waals surface area (Å²) in [6.07, 6.45) is 5.39. The normalized spacial score (nSPS) is 18.9. The minimum Gasteiger partial charge on any atom is -0.508 e. The molecule has 1 aliphatic heterocycles. The van der Waals surface area contributed by atoms with Crippen molar-refractivity contribution in [3.05, 3.63) is 108 Å². The highest BCUT2D eigenvalue weighted by atomic mass is 32.1. The average molecular weight is 467 g/mol. The van der Waals surface area contributed by atoms with E-state index >= 15 is 0 Å². The van der Waals surface area contributed by atoms with E-state index in [0.717, 1.165) is 21.3 Å². The summed E-state index contributed by atoms with van der Waals surface area (Å²) < 4.78 is 0.892. The zero-order valence-electron chi connectivity index (χ0n) is 17.8. The van der Waals surface area contributed by atoms with Gasteiger partial charge in [0.15, 0.2) is 5.13 Å². The highest BCUT2D eigenvalue weighted by Gasteiger charge is 2.56. The van der Waals surface area contributed by atoms with Crippen LogP contribution in [0.2, 0.25) is 0 Å². The molecule has 2 amide bonds. The summed E-state index contributed by atoms with van der Waals surface area (Å²) in [5, 5.41) is 20.1. The second-order valence-corrected chi connectivity index (χ2v) is 9.33. The van der Waals surface area contributed by atoms with Crippen LogP contribution >= 0.6 is 11.3 Å². The topological polar surface area (TPSA) is 90.7 Å².